The summed E-state index contributed by atoms with van der Waals surface area (Å²) in [4.78, 5) is 23.0. The maximum atomic E-state index is 11.6. The molecule has 1 rings (SSSR count). The van der Waals surface area contributed by atoms with E-state index in [2.05, 4.69) is 18.8 Å². The van der Waals surface area contributed by atoms with Gasteiger partial charge in [-0.05, 0) is 38.0 Å². The Morgan fingerprint density at radius 2 is 2.06 bits per heavy atom. The van der Waals surface area contributed by atoms with Crippen molar-refractivity contribution in [1.82, 2.24) is 5.32 Å². The van der Waals surface area contributed by atoms with E-state index in [4.69, 9.17) is 0 Å². The molecule has 4 nitrogen and oxygen atoms in total. The monoisotopic (exact) mass is 239 g/mol. The zero-order chi connectivity index (χ0) is 12.9. The molecule has 0 radical (unpaired) electrons. The van der Waals surface area contributed by atoms with Crippen molar-refractivity contribution in [2.45, 2.75) is 51.0 Å². The van der Waals surface area contributed by atoms with Gasteiger partial charge < -0.3 is 10.4 Å². The van der Waals surface area contributed by atoms with Crippen LogP contribution in [0.2, 0.25) is 0 Å². The van der Waals surface area contributed by atoms with E-state index in [1.54, 1.807) is 6.08 Å². The molecular formula is C13H21NO3. The summed E-state index contributed by atoms with van der Waals surface area (Å²) < 4.78 is 0. The van der Waals surface area contributed by atoms with E-state index in [0.29, 0.717) is 31.6 Å². The third-order valence-corrected chi connectivity index (χ3v) is 3.49. The average Bonchev–Trinajstić information content (AvgIpc) is 2.29. The molecule has 0 bridgehead atoms. The van der Waals surface area contributed by atoms with E-state index in [-0.39, 0.29) is 5.91 Å². The molecular weight excluding hydrogens is 218 g/mol. The summed E-state index contributed by atoms with van der Waals surface area (Å²) in [7, 11) is 0. The first-order chi connectivity index (χ1) is 8.00. The van der Waals surface area contributed by atoms with E-state index in [9.17, 15) is 14.7 Å². The Bertz CT molecular complexity index is 304. The SMILES string of the molecule is C=CCCC(=O)NC1(C(=O)O)CCC(C)CC1. The maximum Gasteiger partial charge on any atom is 0.329 e. The Morgan fingerprint density at radius 3 is 2.53 bits per heavy atom. The summed E-state index contributed by atoms with van der Waals surface area (Å²) in [6.07, 6.45) is 5.33. The lowest BCUT2D eigenvalue weighted by Crippen LogP contribution is -2.56. The van der Waals surface area contributed by atoms with Crippen LogP contribution in [0.25, 0.3) is 0 Å². The van der Waals surface area contributed by atoms with Gasteiger partial charge in [0.1, 0.15) is 5.54 Å². The molecule has 1 aliphatic carbocycles. The number of carboxylic acid groups (broad SMARTS) is 1. The molecule has 0 aliphatic heterocycles. The number of carbonyl (C=O) groups excluding carboxylic acids is 1. The molecule has 1 saturated carbocycles. The molecule has 4 heteroatoms. The van der Waals surface area contributed by atoms with E-state index in [1.807, 2.05) is 0 Å². The molecule has 0 spiro atoms. The van der Waals surface area contributed by atoms with E-state index in [1.165, 1.54) is 0 Å². The number of rotatable bonds is 5. The van der Waals surface area contributed by atoms with E-state index >= 15 is 0 Å². The van der Waals surface area contributed by atoms with Gasteiger partial charge in [-0.2, -0.15) is 0 Å². The Labute approximate surface area is 102 Å². The molecule has 1 aliphatic rings. The third kappa shape index (κ3) is 3.58. The zero-order valence-corrected chi connectivity index (χ0v) is 10.4. The minimum atomic E-state index is -1.04. The van der Waals surface area contributed by atoms with Crippen LogP contribution in [0.1, 0.15) is 45.4 Å². The van der Waals surface area contributed by atoms with E-state index in [0.717, 1.165) is 12.8 Å². The highest BCUT2D eigenvalue weighted by atomic mass is 16.4. The molecule has 1 fully saturated rings. The molecule has 0 saturated heterocycles. The second-order valence-electron chi connectivity index (χ2n) is 4.95. The van der Waals surface area contributed by atoms with Crippen molar-refractivity contribution >= 4 is 11.9 Å². The van der Waals surface area contributed by atoms with Crippen molar-refractivity contribution in [3.8, 4) is 0 Å². The third-order valence-electron chi connectivity index (χ3n) is 3.49. The van der Waals surface area contributed by atoms with Crippen LogP contribution in [-0.4, -0.2) is 22.5 Å². The van der Waals surface area contributed by atoms with Crippen molar-refractivity contribution in [2.24, 2.45) is 5.92 Å². The first-order valence-corrected chi connectivity index (χ1v) is 6.15. The normalized spacial score (nSPS) is 28.4. The van der Waals surface area contributed by atoms with Crippen LogP contribution in [0.3, 0.4) is 0 Å². The largest absolute Gasteiger partial charge is 0.480 e. The van der Waals surface area contributed by atoms with Gasteiger partial charge in [-0.15, -0.1) is 6.58 Å². The van der Waals surface area contributed by atoms with Gasteiger partial charge in [0.2, 0.25) is 5.91 Å². The van der Waals surface area contributed by atoms with Crippen LogP contribution in [0.4, 0.5) is 0 Å². The summed E-state index contributed by atoms with van der Waals surface area (Å²) >= 11 is 0. The molecule has 0 heterocycles. The Hall–Kier alpha value is -1.32. The minimum absolute atomic E-state index is 0.193. The molecule has 0 unspecified atom stereocenters. The first kappa shape index (κ1) is 13.7. The first-order valence-electron chi connectivity index (χ1n) is 6.15. The van der Waals surface area contributed by atoms with Crippen LogP contribution in [0, 0.1) is 5.92 Å². The Morgan fingerprint density at radius 1 is 1.47 bits per heavy atom. The average molecular weight is 239 g/mol. The number of hydrogen-bond donors (Lipinski definition) is 2. The molecule has 2 N–H and O–H groups in total. The lowest BCUT2D eigenvalue weighted by atomic mass is 9.77. The van der Waals surface area contributed by atoms with Crippen molar-refractivity contribution in [3.05, 3.63) is 12.7 Å². The zero-order valence-electron chi connectivity index (χ0n) is 10.4. The molecule has 0 aromatic rings. The number of hydrogen-bond acceptors (Lipinski definition) is 2. The van der Waals surface area contributed by atoms with Gasteiger partial charge in [0.25, 0.3) is 0 Å². The number of aliphatic carboxylic acids is 1. The predicted octanol–water partition coefficient (Wildman–Crippen LogP) is 2.10. The number of allylic oxidation sites excluding steroid dienone is 1. The number of amides is 1. The quantitative estimate of drug-likeness (QED) is 0.722. The van der Waals surface area contributed by atoms with Gasteiger partial charge in [0, 0.05) is 6.42 Å². The van der Waals surface area contributed by atoms with Crippen LogP contribution in [0.5, 0.6) is 0 Å². The Kier molecular flexibility index (Phi) is 4.73. The van der Waals surface area contributed by atoms with Gasteiger partial charge >= 0.3 is 5.97 Å². The summed E-state index contributed by atoms with van der Waals surface area (Å²) in [5.74, 6) is -0.550. The fraction of sp³-hybridized carbons (Fsp3) is 0.692. The molecule has 0 aromatic carbocycles. The van der Waals surface area contributed by atoms with Gasteiger partial charge in [0.05, 0.1) is 0 Å². The topological polar surface area (TPSA) is 66.4 Å². The smallest absolute Gasteiger partial charge is 0.329 e. The van der Waals surface area contributed by atoms with Crippen molar-refractivity contribution in [3.63, 3.8) is 0 Å². The highest BCUT2D eigenvalue weighted by Crippen LogP contribution is 2.32. The highest BCUT2D eigenvalue weighted by Gasteiger charge is 2.42. The molecule has 0 aromatic heterocycles. The summed E-state index contributed by atoms with van der Waals surface area (Å²) in [6.45, 7) is 5.66. The number of carbonyl (C=O) groups is 2. The van der Waals surface area contributed by atoms with Gasteiger partial charge in [-0.1, -0.05) is 13.0 Å². The lowest BCUT2D eigenvalue weighted by molar-refractivity contribution is -0.149. The van der Waals surface area contributed by atoms with Crippen LogP contribution in [-0.2, 0) is 9.59 Å². The molecule has 96 valence electrons. The van der Waals surface area contributed by atoms with Gasteiger partial charge in [-0.3, -0.25) is 4.79 Å². The highest BCUT2D eigenvalue weighted by molar-refractivity contribution is 5.87. The predicted molar refractivity (Wildman–Crippen MR) is 65.6 cm³/mol. The standard InChI is InChI=1S/C13H21NO3/c1-3-4-5-11(15)14-13(12(16)17)8-6-10(2)7-9-13/h3,10H,1,4-9H2,2H3,(H,14,15)(H,16,17). The van der Waals surface area contributed by atoms with Crippen molar-refractivity contribution in [1.29, 1.82) is 0 Å². The van der Waals surface area contributed by atoms with E-state index < -0.39 is 11.5 Å². The number of nitrogens with one attached hydrogen (secondary N) is 1. The van der Waals surface area contributed by atoms with Gasteiger partial charge in [-0.25, -0.2) is 4.79 Å². The Balaban J connectivity index is 2.63. The molecule has 0 atom stereocenters. The van der Waals surface area contributed by atoms with Crippen LogP contribution in [0.15, 0.2) is 12.7 Å². The van der Waals surface area contributed by atoms with Gasteiger partial charge in [0.15, 0.2) is 0 Å². The van der Waals surface area contributed by atoms with Crippen molar-refractivity contribution in [2.75, 3.05) is 0 Å². The molecule has 17 heavy (non-hydrogen) atoms. The van der Waals surface area contributed by atoms with Crippen LogP contribution < -0.4 is 5.32 Å². The second-order valence-corrected chi connectivity index (χ2v) is 4.95. The maximum absolute atomic E-state index is 11.6. The summed E-state index contributed by atoms with van der Waals surface area (Å²) in [6, 6.07) is 0. The molecule has 1 amide bonds. The minimum Gasteiger partial charge on any atom is -0.480 e. The van der Waals surface area contributed by atoms with Crippen LogP contribution >= 0.6 is 0 Å². The number of carboxylic acids is 1. The fourth-order valence-electron chi connectivity index (χ4n) is 2.21. The summed E-state index contributed by atoms with van der Waals surface area (Å²) in [5.41, 5.74) is -1.04. The van der Waals surface area contributed by atoms with Crippen molar-refractivity contribution < 1.29 is 14.7 Å². The second kappa shape index (κ2) is 5.84. The lowest BCUT2D eigenvalue weighted by Gasteiger charge is -2.36. The summed E-state index contributed by atoms with van der Waals surface area (Å²) in [5, 5.41) is 12.0. The fourth-order valence-corrected chi connectivity index (χ4v) is 2.21.